The van der Waals surface area contributed by atoms with Crippen molar-refractivity contribution in [3.63, 3.8) is 0 Å². The first kappa shape index (κ1) is 31.6. The normalized spacial score (nSPS) is 22.8. The highest BCUT2D eigenvalue weighted by Crippen LogP contribution is 2.36. The zero-order valence-electron chi connectivity index (χ0n) is 28.0. The molecule has 47 heavy (non-hydrogen) atoms. The predicted molar refractivity (Wildman–Crippen MR) is 185 cm³/mol. The van der Waals surface area contributed by atoms with Crippen molar-refractivity contribution in [1.29, 1.82) is 0 Å². The molecule has 0 saturated carbocycles. The second-order valence-corrected chi connectivity index (χ2v) is 13.6. The molecule has 2 amide bonds. The molecule has 3 saturated heterocycles. The number of ether oxygens (including phenoxy) is 1. The third-order valence-electron chi connectivity index (χ3n) is 10.7. The summed E-state index contributed by atoms with van der Waals surface area (Å²) in [4.78, 5) is 48.0. The number of carbonyl (C=O) groups excluding carboxylic acids is 2. The van der Waals surface area contributed by atoms with Crippen LogP contribution in [0.4, 0.5) is 11.5 Å². The summed E-state index contributed by atoms with van der Waals surface area (Å²) < 4.78 is 5.56. The fourth-order valence-electron chi connectivity index (χ4n) is 8.08. The van der Waals surface area contributed by atoms with Crippen LogP contribution < -0.4 is 9.80 Å². The van der Waals surface area contributed by atoms with Gasteiger partial charge < -0.3 is 24.3 Å². The first-order valence-corrected chi connectivity index (χ1v) is 17.3. The Kier molecular flexibility index (Phi) is 8.89. The second kappa shape index (κ2) is 13.2. The molecule has 10 nitrogen and oxygen atoms in total. The summed E-state index contributed by atoms with van der Waals surface area (Å²) in [5.74, 6) is 0.990. The summed E-state index contributed by atoms with van der Waals surface area (Å²) in [6.07, 6.45) is 4.07. The Labute approximate surface area is 278 Å². The topological polar surface area (TPSA) is 85.4 Å². The highest BCUT2D eigenvalue weighted by molar-refractivity contribution is 5.97. The molecule has 1 aromatic heterocycles. The molecule has 2 atom stereocenters. The lowest BCUT2D eigenvalue weighted by molar-refractivity contribution is -0.128. The monoisotopic (exact) mass is 637 g/mol. The molecule has 0 spiro atoms. The van der Waals surface area contributed by atoms with E-state index in [1.807, 2.05) is 9.80 Å². The van der Waals surface area contributed by atoms with E-state index in [0.717, 1.165) is 69.2 Å². The summed E-state index contributed by atoms with van der Waals surface area (Å²) in [7, 11) is 0. The molecule has 0 N–H and O–H groups in total. The van der Waals surface area contributed by atoms with Crippen molar-refractivity contribution in [3.8, 4) is 0 Å². The van der Waals surface area contributed by atoms with Crippen LogP contribution in [-0.4, -0.2) is 114 Å². The minimum Gasteiger partial charge on any atom is -0.379 e. The predicted octanol–water partition coefficient (Wildman–Crippen LogP) is 4.05. The van der Waals surface area contributed by atoms with Crippen molar-refractivity contribution >= 4 is 34.1 Å². The van der Waals surface area contributed by atoms with Crippen LogP contribution in [0.2, 0.25) is 0 Å². The summed E-state index contributed by atoms with van der Waals surface area (Å²) in [5, 5.41) is 2.49. The highest BCUT2D eigenvalue weighted by Gasteiger charge is 2.36. The zero-order chi connectivity index (χ0) is 32.7. The maximum atomic E-state index is 14.2. The van der Waals surface area contributed by atoms with E-state index in [4.69, 9.17) is 14.7 Å². The van der Waals surface area contributed by atoms with Crippen molar-refractivity contribution in [3.05, 3.63) is 71.7 Å². The summed E-state index contributed by atoms with van der Waals surface area (Å²) in [5.41, 5.74) is 4.48. The average molecular weight is 638 g/mol. The molecule has 248 valence electrons. The van der Waals surface area contributed by atoms with Gasteiger partial charge in [0.15, 0.2) is 0 Å². The summed E-state index contributed by atoms with van der Waals surface area (Å²) in [6, 6.07) is 13.4. The molecule has 3 fully saturated rings. The first-order valence-electron chi connectivity index (χ1n) is 17.3. The van der Waals surface area contributed by atoms with E-state index >= 15 is 0 Å². The van der Waals surface area contributed by atoms with Crippen molar-refractivity contribution in [2.75, 3.05) is 68.8 Å². The number of likely N-dealkylation sites (tertiary alicyclic amines) is 1. The van der Waals surface area contributed by atoms with E-state index in [1.54, 1.807) is 0 Å². The van der Waals surface area contributed by atoms with Crippen molar-refractivity contribution in [2.24, 2.45) is 0 Å². The molecule has 0 radical (unpaired) electrons. The summed E-state index contributed by atoms with van der Waals surface area (Å²) in [6.45, 7) is 17.6. The van der Waals surface area contributed by atoms with Crippen molar-refractivity contribution < 1.29 is 14.3 Å². The number of amides is 2. The van der Waals surface area contributed by atoms with Crippen LogP contribution in [0, 0.1) is 6.92 Å². The minimum atomic E-state index is -0.0891. The van der Waals surface area contributed by atoms with Gasteiger partial charge in [0.05, 0.1) is 25.5 Å². The SMILES string of the molecule is C=CC(=O)N1C[C@H](C)N(c2nc(C(=O)N3CCC(N4CCOCC4)CC3)nc3c2CCN(c2cccc4cccc(C)c24)C3)C[C@H]1C. The van der Waals surface area contributed by atoms with Crippen LogP contribution in [0.1, 0.15) is 54.1 Å². The van der Waals surface area contributed by atoms with Crippen LogP contribution in [0.3, 0.4) is 0 Å². The van der Waals surface area contributed by atoms with Gasteiger partial charge in [-0.1, -0.05) is 36.9 Å². The van der Waals surface area contributed by atoms with E-state index < -0.39 is 0 Å². The maximum absolute atomic E-state index is 14.2. The van der Waals surface area contributed by atoms with Gasteiger partial charge in [-0.05, 0) is 63.1 Å². The van der Waals surface area contributed by atoms with Gasteiger partial charge in [-0.15, -0.1) is 0 Å². The van der Waals surface area contributed by atoms with Gasteiger partial charge in [0.25, 0.3) is 5.91 Å². The number of fused-ring (bicyclic) bond motifs is 2. The first-order chi connectivity index (χ1) is 22.8. The van der Waals surface area contributed by atoms with E-state index in [2.05, 4.69) is 78.4 Å². The number of carbonyl (C=O) groups is 2. The Morgan fingerprint density at radius 3 is 2.43 bits per heavy atom. The molecular weight excluding hydrogens is 590 g/mol. The maximum Gasteiger partial charge on any atom is 0.291 e. The number of piperazine rings is 1. The van der Waals surface area contributed by atoms with E-state index in [0.29, 0.717) is 38.8 Å². The molecule has 4 aliphatic rings. The third kappa shape index (κ3) is 6.09. The lowest BCUT2D eigenvalue weighted by Gasteiger charge is -2.45. The van der Waals surface area contributed by atoms with E-state index in [1.165, 1.54) is 28.1 Å². The Bertz CT molecular complexity index is 1660. The lowest BCUT2D eigenvalue weighted by Crippen LogP contribution is -2.58. The number of aryl methyl sites for hydroxylation is 1. The Balaban J connectivity index is 1.21. The standard InChI is InChI=1S/C37H47N7O3/c1-5-33(45)43-22-27(4)44(23-26(43)3)36-30-14-17-42(32-11-7-10-28-9-6-8-25(2)34(28)32)24-31(30)38-35(39-36)37(46)41-15-12-29(13-16-41)40-18-20-47-21-19-40/h5-11,26-27,29H,1,12-24H2,2-4H3/t26-,27+/m1/s1. The zero-order valence-corrected chi connectivity index (χ0v) is 28.0. The lowest BCUT2D eigenvalue weighted by atomic mass is 9.98. The smallest absolute Gasteiger partial charge is 0.291 e. The van der Waals surface area contributed by atoms with Crippen LogP contribution in [0.25, 0.3) is 10.8 Å². The largest absolute Gasteiger partial charge is 0.379 e. The van der Waals surface area contributed by atoms with Gasteiger partial charge in [-0.25, -0.2) is 9.97 Å². The second-order valence-electron chi connectivity index (χ2n) is 13.6. The third-order valence-corrected chi connectivity index (χ3v) is 10.7. The van der Waals surface area contributed by atoms with Gasteiger partial charge in [0.1, 0.15) is 5.82 Å². The molecule has 10 heteroatoms. The van der Waals surface area contributed by atoms with Crippen LogP contribution in [0.5, 0.6) is 0 Å². The molecule has 0 aliphatic carbocycles. The number of nitrogens with zero attached hydrogens (tertiary/aromatic N) is 7. The Morgan fingerprint density at radius 2 is 1.68 bits per heavy atom. The minimum absolute atomic E-state index is 0.0144. The van der Waals surface area contributed by atoms with Gasteiger partial charge in [-0.2, -0.15) is 0 Å². The average Bonchev–Trinajstić information content (AvgIpc) is 3.11. The van der Waals surface area contributed by atoms with Gasteiger partial charge in [0.2, 0.25) is 11.7 Å². The number of benzene rings is 2. The molecule has 5 heterocycles. The molecule has 4 aliphatic heterocycles. The number of aromatic nitrogens is 2. The van der Waals surface area contributed by atoms with Crippen molar-refractivity contribution in [2.45, 2.75) is 64.7 Å². The fraction of sp³-hybridized carbons (Fsp3) is 0.514. The van der Waals surface area contributed by atoms with Crippen LogP contribution >= 0.6 is 0 Å². The molecule has 0 bridgehead atoms. The molecule has 2 aromatic carbocycles. The van der Waals surface area contributed by atoms with E-state index in [9.17, 15) is 9.59 Å². The number of anilines is 2. The Morgan fingerprint density at radius 1 is 0.936 bits per heavy atom. The number of hydrogen-bond acceptors (Lipinski definition) is 8. The molecule has 3 aromatic rings. The Hall–Kier alpha value is -4.02. The van der Waals surface area contributed by atoms with E-state index in [-0.39, 0.29) is 29.7 Å². The molecular formula is C37H47N7O3. The van der Waals surface area contributed by atoms with Crippen LogP contribution in [-0.2, 0) is 22.5 Å². The molecule has 7 rings (SSSR count). The van der Waals surface area contributed by atoms with Gasteiger partial charge >= 0.3 is 0 Å². The summed E-state index contributed by atoms with van der Waals surface area (Å²) >= 11 is 0. The van der Waals surface area contributed by atoms with Crippen LogP contribution in [0.15, 0.2) is 49.1 Å². The quantitative estimate of drug-likeness (QED) is 0.388. The number of morpholine rings is 1. The molecule has 0 unspecified atom stereocenters. The fourth-order valence-corrected chi connectivity index (χ4v) is 8.08. The number of rotatable bonds is 5. The van der Waals surface area contributed by atoms with Gasteiger partial charge in [-0.3, -0.25) is 14.5 Å². The van der Waals surface area contributed by atoms with Crippen molar-refractivity contribution in [1.82, 2.24) is 24.7 Å². The van der Waals surface area contributed by atoms with Gasteiger partial charge in [0, 0.05) is 80.6 Å². The number of hydrogen-bond donors (Lipinski definition) is 0. The number of piperidine rings is 1. The highest BCUT2D eigenvalue weighted by atomic mass is 16.5.